The van der Waals surface area contributed by atoms with Gasteiger partial charge >= 0.3 is 0 Å². The molecule has 0 aliphatic carbocycles. The Morgan fingerprint density at radius 2 is 0.683 bits per heavy atom. The van der Waals surface area contributed by atoms with Gasteiger partial charge in [0.15, 0.2) is 0 Å². The SMILES string of the molecule is C[Si](C)(C)c1ccc(N(c2ccccc2)c2cc3c(c4ccccc24)B2c4c(cccc4Oc4cc(N(c5ccccc5)c5ccc([Si](C)(C)C)cc5)c5ccccc5c42)O3)cc1. The van der Waals surface area contributed by atoms with E-state index in [1.54, 1.807) is 0 Å². The maximum Gasteiger partial charge on any atom is 0.262 e. The summed E-state index contributed by atoms with van der Waals surface area (Å²) < 4.78 is 14.2. The first kappa shape index (κ1) is 39.1. The van der Waals surface area contributed by atoms with Crippen molar-refractivity contribution in [2.45, 2.75) is 39.3 Å². The van der Waals surface area contributed by atoms with E-state index in [1.165, 1.54) is 10.4 Å². The van der Waals surface area contributed by atoms with Crippen molar-refractivity contribution in [2.75, 3.05) is 9.80 Å². The van der Waals surface area contributed by atoms with Crippen molar-refractivity contribution < 1.29 is 9.47 Å². The average Bonchev–Trinajstić information content (AvgIpc) is 3.29. The Kier molecular flexibility index (Phi) is 9.26. The van der Waals surface area contributed by atoms with Crippen molar-refractivity contribution in [3.63, 3.8) is 0 Å². The summed E-state index contributed by atoms with van der Waals surface area (Å²) in [6.45, 7) is 14.3. The van der Waals surface area contributed by atoms with E-state index in [-0.39, 0.29) is 6.71 Å². The fourth-order valence-electron chi connectivity index (χ4n) is 9.73. The highest BCUT2D eigenvalue weighted by atomic mass is 28.3. The zero-order valence-corrected chi connectivity index (χ0v) is 38.7. The highest BCUT2D eigenvalue weighted by Gasteiger charge is 2.43. The molecule has 11 rings (SSSR count). The molecular weight excluding hydrogens is 800 g/mol. The lowest BCUT2D eigenvalue weighted by atomic mass is 9.33. The number of fused-ring (bicyclic) bond motifs is 8. The first-order valence-corrected chi connectivity index (χ1v) is 29.0. The number of ether oxygens (including phenoxy) is 2. The lowest BCUT2D eigenvalue weighted by Crippen LogP contribution is -2.58. The van der Waals surface area contributed by atoms with Gasteiger partial charge in [0, 0.05) is 51.1 Å². The summed E-state index contributed by atoms with van der Waals surface area (Å²) in [5, 5.41) is 7.50. The van der Waals surface area contributed by atoms with Gasteiger partial charge in [-0.05, 0) is 82.4 Å². The summed E-state index contributed by atoms with van der Waals surface area (Å²) >= 11 is 0. The number of para-hydroxylation sites is 2. The van der Waals surface area contributed by atoms with Gasteiger partial charge in [-0.2, -0.15) is 0 Å². The number of rotatable bonds is 8. The molecule has 0 radical (unpaired) electrons. The Labute approximate surface area is 373 Å². The summed E-state index contributed by atoms with van der Waals surface area (Å²) in [5.74, 6) is 3.35. The van der Waals surface area contributed by atoms with Crippen molar-refractivity contribution in [1.82, 2.24) is 0 Å². The summed E-state index contributed by atoms with van der Waals surface area (Å²) in [4.78, 5) is 4.78. The predicted molar refractivity (Wildman–Crippen MR) is 274 cm³/mol. The van der Waals surface area contributed by atoms with Crippen molar-refractivity contribution in [1.29, 1.82) is 0 Å². The third kappa shape index (κ3) is 6.66. The molecule has 306 valence electrons. The molecule has 0 saturated heterocycles. The lowest BCUT2D eigenvalue weighted by molar-refractivity contribution is 0.465. The quantitative estimate of drug-likeness (QED) is 0.142. The average molecular weight is 849 g/mol. The van der Waals surface area contributed by atoms with Gasteiger partial charge in [0.1, 0.15) is 23.0 Å². The predicted octanol–water partition coefficient (Wildman–Crippen LogP) is 12.8. The van der Waals surface area contributed by atoms with Gasteiger partial charge in [0.2, 0.25) is 0 Å². The van der Waals surface area contributed by atoms with E-state index < -0.39 is 16.1 Å². The van der Waals surface area contributed by atoms with Gasteiger partial charge < -0.3 is 19.3 Å². The second-order valence-corrected chi connectivity index (χ2v) is 29.1. The third-order valence-electron chi connectivity index (χ3n) is 12.9. The van der Waals surface area contributed by atoms with Crippen LogP contribution in [0.2, 0.25) is 39.3 Å². The molecule has 0 amide bonds. The van der Waals surface area contributed by atoms with Crippen LogP contribution in [0.1, 0.15) is 0 Å². The molecule has 2 heterocycles. The van der Waals surface area contributed by atoms with Gasteiger partial charge in [0.25, 0.3) is 6.71 Å². The molecule has 0 saturated carbocycles. The maximum absolute atomic E-state index is 7.09. The molecule has 0 spiro atoms. The monoisotopic (exact) mass is 848 g/mol. The Bertz CT molecular complexity index is 2990. The Balaban J connectivity index is 1.15. The fourth-order valence-corrected chi connectivity index (χ4v) is 12.1. The number of hydrogen-bond donors (Lipinski definition) is 0. The van der Waals surface area contributed by atoms with Crippen LogP contribution in [0.3, 0.4) is 0 Å². The second kappa shape index (κ2) is 14.9. The molecular formula is C56H49BN2O2Si2. The molecule has 0 bridgehead atoms. The van der Waals surface area contributed by atoms with E-state index in [4.69, 9.17) is 9.47 Å². The molecule has 0 N–H and O–H groups in total. The van der Waals surface area contributed by atoms with Gasteiger partial charge in [0.05, 0.1) is 27.5 Å². The largest absolute Gasteiger partial charge is 0.458 e. The van der Waals surface area contributed by atoms with Crippen LogP contribution in [-0.4, -0.2) is 22.9 Å². The zero-order valence-electron chi connectivity index (χ0n) is 36.7. The van der Waals surface area contributed by atoms with E-state index in [9.17, 15) is 0 Å². The summed E-state index contributed by atoms with van der Waals surface area (Å²) in [6.07, 6.45) is 0. The molecule has 2 aliphatic rings. The third-order valence-corrected chi connectivity index (χ3v) is 17.0. The van der Waals surface area contributed by atoms with Crippen LogP contribution in [-0.2, 0) is 0 Å². The van der Waals surface area contributed by atoms with Gasteiger partial charge in [-0.1, -0.05) is 165 Å². The number of anilines is 6. The molecule has 2 aliphatic heterocycles. The van der Waals surface area contributed by atoms with E-state index in [1.807, 2.05) is 0 Å². The minimum absolute atomic E-state index is 0.149. The molecule has 4 nitrogen and oxygen atoms in total. The van der Waals surface area contributed by atoms with Crippen molar-refractivity contribution in [3.8, 4) is 23.0 Å². The number of nitrogens with zero attached hydrogens (tertiary/aromatic N) is 2. The highest BCUT2D eigenvalue weighted by molar-refractivity contribution is 7.01. The van der Waals surface area contributed by atoms with Crippen LogP contribution in [0.5, 0.6) is 23.0 Å². The lowest BCUT2D eigenvalue weighted by Gasteiger charge is -2.37. The smallest absolute Gasteiger partial charge is 0.262 e. The topological polar surface area (TPSA) is 24.9 Å². The van der Waals surface area contributed by atoms with Crippen LogP contribution in [0.15, 0.2) is 188 Å². The Morgan fingerprint density at radius 1 is 0.333 bits per heavy atom. The van der Waals surface area contributed by atoms with Crippen LogP contribution in [0.25, 0.3) is 21.5 Å². The first-order chi connectivity index (χ1) is 30.5. The molecule has 63 heavy (non-hydrogen) atoms. The van der Waals surface area contributed by atoms with Crippen LogP contribution < -0.4 is 46.0 Å². The highest BCUT2D eigenvalue weighted by Crippen LogP contribution is 2.46. The van der Waals surface area contributed by atoms with Gasteiger partial charge in [-0.3, -0.25) is 0 Å². The molecule has 0 fully saturated rings. The molecule has 0 unspecified atom stereocenters. The van der Waals surface area contributed by atoms with Crippen LogP contribution >= 0.6 is 0 Å². The van der Waals surface area contributed by atoms with Crippen molar-refractivity contribution >= 4 is 105 Å². The second-order valence-electron chi connectivity index (χ2n) is 18.9. The van der Waals surface area contributed by atoms with Crippen LogP contribution in [0, 0.1) is 0 Å². The normalized spacial score (nSPS) is 12.8. The summed E-state index contributed by atoms with van der Waals surface area (Å²) in [5.41, 5.74) is 9.92. The van der Waals surface area contributed by atoms with Crippen molar-refractivity contribution in [3.05, 3.63) is 188 Å². The molecule has 0 atom stereocenters. The zero-order chi connectivity index (χ0) is 43.0. The summed E-state index contributed by atoms with van der Waals surface area (Å²) in [6, 6.07) is 68.4. The molecule has 9 aromatic rings. The number of hydrogen-bond acceptors (Lipinski definition) is 4. The minimum Gasteiger partial charge on any atom is -0.458 e. The molecule has 0 aromatic heterocycles. The van der Waals surface area contributed by atoms with Crippen LogP contribution in [0.4, 0.5) is 34.1 Å². The summed E-state index contributed by atoms with van der Waals surface area (Å²) in [7, 11) is -3.02. The van der Waals surface area contributed by atoms with Crippen molar-refractivity contribution in [2.24, 2.45) is 0 Å². The standard InChI is InChI=1S/C56H49BN2O2Si2/c1-62(2,3)42-32-28-40(29-33-42)58(38-18-9-7-10-19-38)48-36-52-54(46-24-15-13-22-44(46)48)57-55-47-25-16-14-23-45(47)49(37-53(55)61-51-27-17-26-50(60-52)56(51)57)59(39-20-11-8-12-21-39)41-30-34-43(35-31-41)63(4,5)6/h7-37H,1-6H3. The van der Waals surface area contributed by atoms with E-state index in [0.717, 1.165) is 95.1 Å². The molecule has 7 heteroatoms. The van der Waals surface area contributed by atoms with E-state index >= 15 is 0 Å². The van der Waals surface area contributed by atoms with E-state index in [0.29, 0.717) is 0 Å². The van der Waals surface area contributed by atoms with E-state index in [2.05, 4.69) is 237 Å². The Morgan fingerprint density at radius 3 is 1.06 bits per heavy atom. The maximum atomic E-state index is 7.09. The first-order valence-electron chi connectivity index (χ1n) is 22.0. The number of benzene rings is 9. The van der Waals surface area contributed by atoms with Gasteiger partial charge in [-0.15, -0.1) is 0 Å². The fraction of sp³-hybridized carbons (Fsp3) is 0.107. The Hall–Kier alpha value is -6.80. The minimum atomic E-state index is -1.51. The molecule has 9 aromatic carbocycles. The van der Waals surface area contributed by atoms with Gasteiger partial charge in [-0.25, -0.2) is 0 Å².